The van der Waals surface area contributed by atoms with Gasteiger partial charge in [-0.05, 0) is 36.4 Å². The highest BCUT2D eigenvalue weighted by molar-refractivity contribution is 7.85. The van der Waals surface area contributed by atoms with E-state index >= 15 is 0 Å². The molecule has 0 saturated heterocycles. The normalized spacial score (nSPS) is 10.6. The van der Waals surface area contributed by atoms with Crippen molar-refractivity contribution in [2.45, 2.75) is 9.79 Å². The van der Waals surface area contributed by atoms with Gasteiger partial charge in [0, 0.05) is 9.79 Å². The smallest absolute Gasteiger partial charge is 0.339 e. The summed E-state index contributed by atoms with van der Waals surface area (Å²) in [4.78, 5) is 22.1. The predicted molar refractivity (Wildman–Crippen MR) is 74.8 cm³/mol. The number of benzene rings is 2. The number of carboxylic acids is 2. The van der Waals surface area contributed by atoms with Crippen molar-refractivity contribution in [1.29, 1.82) is 0 Å². The summed E-state index contributed by atoms with van der Waals surface area (Å²) in [5.74, 6) is -3.70. The Hall–Kier alpha value is -2.87. The summed E-state index contributed by atoms with van der Waals surface area (Å²) in [5.41, 5.74) is -0.828. The van der Waals surface area contributed by atoms with Gasteiger partial charge >= 0.3 is 11.9 Å². The van der Waals surface area contributed by atoms with Gasteiger partial charge in [0.1, 0.15) is 22.6 Å². The molecule has 0 aromatic heterocycles. The molecular weight excluding hydrogens is 312 g/mol. The quantitative estimate of drug-likeness (QED) is 0.673. The minimum absolute atomic E-state index is 0.0808. The van der Waals surface area contributed by atoms with Crippen LogP contribution >= 0.6 is 0 Å². The van der Waals surface area contributed by atoms with E-state index in [0.29, 0.717) is 0 Å². The van der Waals surface area contributed by atoms with Crippen LogP contribution in [-0.2, 0) is 10.8 Å². The molecule has 7 nitrogen and oxygen atoms in total. The van der Waals surface area contributed by atoms with Crippen LogP contribution in [0.3, 0.4) is 0 Å². The number of hydrogen-bond donors (Lipinski definition) is 4. The van der Waals surface area contributed by atoms with Gasteiger partial charge < -0.3 is 20.4 Å². The van der Waals surface area contributed by atoms with Crippen molar-refractivity contribution in [3.05, 3.63) is 47.5 Å². The third kappa shape index (κ3) is 2.91. The number of carbonyl (C=O) groups is 2. The van der Waals surface area contributed by atoms with Crippen LogP contribution in [-0.4, -0.2) is 36.6 Å². The summed E-state index contributed by atoms with van der Waals surface area (Å²) in [6.07, 6.45) is 0. The van der Waals surface area contributed by atoms with Gasteiger partial charge in [-0.1, -0.05) is 0 Å². The Morgan fingerprint density at radius 2 is 1.14 bits per heavy atom. The predicted octanol–water partition coefficient (Wildman–Crippen LogP) is 1.66. The molecule has 114 valence electrons. The zero-order chi connectivity index (χ0) is 16.4. The minimum atomic E-state index is -1.87. The van der Waals surface area contributed by atoms with E-state index in [4.69, 9.17) is 10.2 Å². The van der Waals surface area contributed by atoms with Crippen molar-refractivity contribution in [3.8, 4) is 11.5 Å². The maximum absolute atomic E-state index is 12.4. The van der Waals surface area contributed by atoms with Crippen LogP contribution < -0.4 is 0 Å². The summed E-state index contributed by atoms with van der Waals surface area (Å²) < 4.78 is 12.4. The van der Waals surface area contributed by atoms with Gasteiger partial charge in [-0.3, -0.25) is 0 Å². The van der Waals surface area contributed by atoms with Gasteiger partial charge in [-0.25, -0.2) is 13.8 Å². The van der Waals surface area contributed by atoms with Crippen LogP contribution in [0, 0.1) is 0 Å². The minimum Gasteiger partial charge on any atom is -0.507 e. The molecule has 0 fully saturated rings. The van der Waals surface area contributed by atoms with Gasteiger partial charge in [0.25, 0.3) is 0 Å². The highest BCUT2D eigenvalue weighted by Gasteiger charge is 2.17. The van der Waals surface area contributed by atoms with E-state index in [2.05, 4.69) is 0 Å². The Morgan fingerprint density at radius 1 is 0.773 bits per heavy atom. The maximum atomic E-state index is 12.4. The van der Waals surface area contributed by atoms with Crippen molar-refractivity contribution in [3.63, 3.8) is 0 Å². The molecule has 2 rings (SSSR count). The van der Waals surface area contributed by atoms with E-state index in [1.54, 1.807) is 0 Å². The first-order valence-corrected chi connectivity index (χ1v) is 7.00. The topological polar surface area (TPSA) is 132 Å². The first-order valence-electron chi connectivity index (χ1n) is 5.85. The van der Waals surface area contributed by atoms with E-state index in [0.717, 1.165) is 24.3 Å². The summed E-state index contributed by atoms with van der Waals surface area (Å²) in [7, 11) is -1.87. The molecule has 2 aromatic carbocycles. The van der Waals surface area contributed by atoms with E-state index in [-0.39, 0.29) is 9.79 Å². The molecule has 0 unspecified atom stereocenters. The van der Waals surface area contributed by atoms with Crippen LogP contribution in [0.5, 0.6) is 11.5 Å². The van der Waals surface area contributed by atoms with E-state index < -0.39 is 45.4 Å². The lowest BCUT2D eigenvalue weighted by atomic mass is 10.2. The number of aromatic hydroxyl groups is 2. The Balaban J connectivity index is 2.49. The summed E-state index contributed by atoms with van der Waals surface area (Å²) in [5, 5.41) is 36.7. The Kier molecular flexibility index (Phi) is 4.13. The molecule has 0 atom stereocenters. The first kappa shape index (κ1) is 15.5. The molecule has 0 bridgehead atoms. The molecule has 8 heteroatoms. The average molecular weight is 322 g/mol. The number of hydrogen-bond acceptors (Lipinski definition) is 5. The van der Waals surface area contributed by atoms with Crippen LogP contribution in [0.1, 0.15) is 20.7 Å². The molecule has 0 spiro atoms. The van der Waals surface area contributed by atoms with E-state index in [1.807, 2.05) is 0 Å². The number of rotatable bonds is 4. The van der Waals surface area contributed by atoms with Gasteiger partial charge in [0.15, 0.2) is 0 Å². The van der Waals surface area contributed by atoms with Crippen LogP contribution in [0.4, 0.5) is 0 Å². The summed E-state index contributed by atoms with van der Waals surface area (Å²) in [6, 6.07) is 6.81. The molecule has 4 N–H and O–H groups in total. The molecule has 22 heavy (non-hydrogen) atoms. The van der Waals surface area contributed by atoms with E-state index in [1.165, 1.54) is 12.1 Å². The van der Waals surface area contributed by atoms with Crippen LogP contribution in [0.25, 0.3) is 0 Å². The molecule has 0 aliphatic heterocycles. The van der Waals surface area contributed by atoms with Crippen molar-refractivity contribution < 1.29 is 34.2 Å². The van der Waals surface area contributed by atoms with Crippen molar-refractivity contribution >= 4 is 22.7 Å². The lowest BCUT2D eigenvalue weighted by Gasteiger charge is -2.07. The molecule has 0 amide bonds. The van der Waals surface area contributed by atoms with Gasteiger partial charge in [-0.2, -0.15) is 0 Å². The zero-order valence-corrected chi connectivity index (χ0v) is 11.7. The van der Waals surface area contributed by atoms with Crippen LogP contribution in [0.15, 0.2) is 46.2 Å². The number of aromatic carboxylic acids is 2. The third-order valence-electron chi connectivity index (χ3n) is 2.83. The highest BCUT2D eigenvalue weighted by Crippen LogP contribution is 2.26. The molecule has 0 aliphatic carbocycles. The van der Waals surface area contributed by atoms with Crippen molar-refractivity contribution in [2.75, 3.05) is 0 Å². The Labute approximate surface area is 126 Å². The third-order valence-corrected chi connectivity index (χ3v) is 4.19. The van der Waals surface area contributed by atoms with E-state index in [9.17, 15) is 24.0 Å². The standard InChI is InChI=1S/C14H10O7S/c15-11-3-1-7(5-9(11)13(17)18)22(21)8-2-4-12(16)10(6-8)14(19)20/h1-6,15-16H,(H,17,18)(H,19,20). The second kappa shape index (κ2) is 5.86. The lowest BCUT2D eigenvalue weighted by Crippen LogP contribution is -2.02. The molecule has 0 aliphatic rings. The molecule has 0 radical (unpaired) electrons. The molecule has 0 saturated carbocycles. The fraction of sp³-hybridized carbons (Fsp3) is 0. The summed E-state index contributed by atoms with van der Waals surface area (Å²) >= 11 is 0. The molecular formula is C14H10O7S. The Morgan fingerprint density at radius 3 is 1.45 bits per heavy atom. The maximum Gasteiger partial charge on any atom is 0.339 e. The van der Waals surface area contributed by atoms with Gasteiger partial charge in [0.05, 0.1) is 10.8 Å². The zero-order valence-electron chi connectivity index (χ0n) is 10.9. The lowest BCUT2D eigenvalue weighted by molar-refractivity contribution is 0.0682. The van der Waals surface area contributed by atoms with Gasteiger partial charge in [0.2, 0.25) is 0 Å². The largest absolute Gasteiger partial charge is 0.507 e. The highest BCUT2D eigenvalue weighted by atomic mass is 32.2. The molecule has 2 aromatic rings. The average Bonchev–Trinajstić information content (AvgIpc) is 2.47. The Bertz CT molecular complexity index is 732. The summed E-state index contributed by atoms with van der Waals surface area (Å²) in [6.45, 7) is 0. The second-order valence-electron chi connectivity index (χ2n) is 4.24. The fourth-order valence-electron chi connectivity index (χ4n) is 1.74. The SMILES string of the molecule is O=C(O)c1cc(S(=O)c2ccc(O)c(C(=O)O)c2)ccc1O. The van der Waals surface area contributed by atoms with Crippen molar-refractivity contribution in [1.82, 2.24) is 0 Å². The molecule has 0 heterocycles. The van der Waals surface area contributed by atoms with Gasteiger partial charge in [-0.15, -0.1) is 0 Å². The number of phenols is 2. The second-order valence-corrected chi connectivity index (χ2v) is 5.72. The monoisotopic (exact) mass is 322 g/mol. The van der Waals surface area contributed by atoms with Crippen molar-refractivity contribution in [2.24, 2.45) is 0 Å². The first-order chi connectivity index (χ1) is 10.3. The number of carboxylic acid groups (broad SMARTS) is 2. The van der Waals surface area contributed by atoms with Crippen LogP contribution in [0.2, 0.25) is 0 Å². The fourth-order valence-corrected chi connectivity index (χ4v) is 2.84.